The van der Waals surface area contributed by atoms with Crippen molar-refractivity contribution in [2.45, 2.75) is 11.4 Å². The number of benzene rings is 2. The van der Waals surface area contributed by atoms with E-state index in [0.29, 0.717) is 36.7 Å². The van der Waals surface area contributed by atoms with E-state index in [1.165, 1.54) is 0 Å². The number of nitrogens with one attached hydrogen (secondary N) is 1. The molecule has 2 rings (SSSR count). The third-order valence-corrected chi connectivity index (χ3v) is 4.23. The summed E-state index contributed by atoms with van der Waals surface area (Å²) in [5.41, 5.74) is 1.13. The highest BCUT2D eigenvalue weighted by Crippen LogP contribution is 3.02. The number of hydrogen-bond donors (Lipinski definition) is 1. The molecule has 2 nitrogen and oxygen atoms in total. The maximum absolute atomic E-state index is 12.6. The second kappa shape index (κ2) is 5.70. The fourth-order valence-electron chi connectivity index (χ4n) is 1.93. The Balaban J connectivity index is 2.04. The molecule has 0 aromatic heterocycles. The average Bonchev–Trinajstić information content (AvgIpc) is 2.49. The minimum absolute atomic E-state index is 0.304. The van der Waals surface area contributed by atoms with E-state index >= 15 is 0 Å². The zero-order valence-electron chi connectivity index (χ0n) is 12.5. The summed E-state index contributed by atoms with van der Waals surface area (Å²) in [5, 5.41) is 2.87. The van der Waals surface area contributed by atoms with Gasteiger partial charge in [-0.25, -0.2) is 0 Å². The Bertz CT molecular complexity index is 728. The second-order valence-electron chi connectivity index (χ2n) is 5.09. The molecule has 8 heteroatoms. The smallest absolute Gasteiger partial charge is 0.310 e. The highest BCUT2D eigenvalue weighted by atomic mass is 32.5. The zero-order valence-corrected chi connectivity index (χ0v) is 13.3. The fraction of sp³-hybridized carbons (Fsp3) is 0.125. The predicted octanol–water partition coefficient (Wildman–Crippen LogP) is 6.52. The van der Waals surface area contributed by atoms with Gasteiger partial charge in [-0.15, -0.1) is 0 Å². The molecule has 0 bridgehead atoms. The molecule has 0 spiro atoms. The first-order valence-electron chi connectivity index (χ1n) is 6.88. The third-order valence-electron chi connectivity index (χ3n) is 3.06. The number of rotatable bonds is 7. The molecule has 0 aliphatic heterocycles. The van der Waals surface area contributed by atoms with Crippen molar-refractivity contribution in [3.8, 4) is 5.75 Å². The van der Waals surface area contributed by atoms with Crippen LogP contribution in [-0.4, -0.2) is 6.61 Å². The highest BCUT2D eigenvalue weighted by Gasteiger charge is 2.65. The number of ether oxygens (including phenoxy) is 1. The average molecular weight is 365 g/mol. The van der Waals surface area contributed by atoms with Gasteiger partial charge in [-0.3, -0.25) is 0 Å². The molecule has 132 valence electrons. The molecule has 0 heterocycles. The third kappa shape index (κ3) is 5.16. The summed E-state index contributed by atoms with van der Waals surface area (Å²) in [5.74, 6) is 0.630. The first kappa shape index (κ1) is 18.1. The number of halogens is 5. The monoisotopic (exact) mass is 365 g/mol. The van der Waals surface area contributed by atoms with Gasteiger partial charge in [-0.1, -0.05) is 44.2 Å². The van der Waals surface area contributed by atoms with Crippen LogP contribution >= 0.6 is 10.2 Å². The van der Waals surface area contributed by atoms with Crippen molar-refractivity contribution < 1.29 is 24.2 Å². The molecule has 0 radical (unpaired) electrons. The molecule has 2 aromatic rings. The van der Waals surface area contributed by atoms with E-state index < -0.39 is 15.1 Å². The van der Waals surface area contributed by atoms with E-state index in [4.69, 9.17) is 4.74 Å². The maximum atomic E-state index is 12.6. The zero-order chi connectivity index (χ0) is 17.9. The number of hydrogen-bond acceptors (Lipinski definition) is 2. The molecule has 0 unspecified atom stereocenters. The lowest BCUT2D eigenvalue weighted by Crippen LogP contribution is -2.06. The quantitative estimate of drug-likeness (QED) is 0.445. The van der Waals surface area contributed by atoms with Crippen molar-refractivity contribution in [2.75, 3.05) is 11.9 Å². The predicted molar refractivity (Wildman–Crippen MR) is 87.3 cm³/mol. The van der Waals surface area contributed by atoms with Crippen molar-refractivity contribution in [3.63, 3.8) is 0 Å². The van der Waals surface area contributed by atoms with Crippen LogP contribution in [0.1, 0.15) is 5.56 Å². The van der Waals surface area contributed by atoms with Crippen LogP contribution in [0.5, 0.6) is 5.75 Å². The Morgan fingerprint density at radius 3 is 2.25 bits per heavy atom. The molecule has 24 heavy (non-hydrogen) atoms. The van der Waals surface area contributed by atoms with Gasteiger partial charge in [0.1, 0.15) is 17.3 Å². The van der Waals surface area contributed by atoms with Gasteiger partial charge in [0.05, 0.1) is 0 Å². The largest absolute Gasteiger partial charge is 0.490 e. The summed E-state index contributed by atoms with van der Waals surface area (Å²) in [6.45, 7) is 4.20. The minimum atomic E-state index is -9.62. The highest BCUT2D eigenvalue weighted by molar-refractivity contribution is 8.45. The minimum Gasteiger partial charge on any atom is -0.490 e. The van der Waals surface area contributed by atoms with Crippen LogP contribution in [0.3, 0.4) is 0 Å². The van der Waals surface area contributed by atoms with Crippen LogP contribution in [0.2, 0.25) is 0 Å². The Morgan fingerprint density at radius 2 is 1.67 bits per heavy atom. The second-order valence-corrected chi connectivity index (χ2v) is 7.50. The Kier molecular flexibility index (Phi) is 4.30. The molecule has 2 aromatic carbocycles. The molecule has 0 saturated heterocycles. The van der Waals surface area contributed by atoms with Gasteiger partial charge >= 0.3 is 10.2 Å². The van der Waals surface area contributed by atoms with Crippen molar-refractivity contribution >= 4 is 15.9 Å². The first-order chi connectivity index (χ1) is 11.0. The van der Waals surface area contributed by atoms with Gasteiger partial charge in [-0.05, 0) is 42.0 Å². The van der Waals surface area contributed by atoms with Gasteiger partial charge in [0.15, 0.2) is 0 Å². The van der Waals surface area contributed by atoms with Crippen LogP contribution in [0.25, 0.3) is 0 Å². The van der Waals surface area contributed by atoms with Gasteiger partial charge in [-0.2, -0.15) is 0 Å². The van der Waals surface area contributed by atoms with Crippen molar-refractivity contribution in [1.29, 1.82) is 0 Å². The lowest BCUT2D eigenvalue weighted by molar-refractivity contribution is 0.362. The maximum Gasteiger partial charge on any atom is 0.310 e. The van der Waals surface area contributed by atoms with Gasteiger partial charge in [0.25, 0.3) is 0 Å². The molecular formula is C16H16F5NOS. The summed E-state index contributed by atoms with van der Waals surface area (Å²) in [4.78, 5) is -1.90. The van der Waals surface area contributed by atoms with Crippen LogP contribution < -0.4 is 10.1 Å². The molecule has 0 atom stereocenters. The SMILES string of the molecule is C=CCOc1cccc(CNc2ccc(S(F)(F)(F)(F)F)cc2)c1. The van der Waals surface area contributed by atoms with E-state index in [-0.39, 0.29) is 0 Å². The van der Waals surface area contributed by atoms with E-state index in [0.717, 1.165) is 17.7 Å². The molecular weight excluding hydrogens is 349 g/mol. The van der Waals surface area contributed by atoms with Crippen LogP contribution in [0, 0.1) is 0 Å². The van der Waals surface area contributed by atoms with Crippen molar-refractivity contribution in [3.05, 3.63) is 66.7 Å². The van der Waals surface area contributed by atoms with Crippen LogP contribution in [0.15, 0.2) is 66.1 Å². The molecule has 0 aliphatic carbocycles. The van der Waals surface area contributed by atoms with Crippen LogP contribution in [0.4, 0.5) is 25.1 Å². The summed E-state index contributed by atoms with van der Waals surface area (Å²) >= 11 is 0. The summed E-state index contributed by atoms with van der Waals surface area (Å²) < 4.78 is 68.5. The number of anilines is 1. The normalized spacial score (nSPS) is 14.4. The van der Waals surface area contributed by atoms with E-state index in [1.807, 2.05) is 0 Å². The lowest BCUT2D eigenvalue weighted by Gasteiger charge is -2.40. The summed E-state index contributed by atoms with van der Waals surface area (Å²) in [6.07, 6.45) is 1.60. The molecule has 0 amide bonds. The van der Waals surface area contributed by atoms with Crippen molar-refractivity contribution in [1.82, 2.24) is 0 Å². The van der Waals surface area contributed by atoms with Gasteiger partial charge < -0.3 is 10.1 Å². The van der Waals surface area contributed by atoms with Crippen LogP contribution in [-0.2, 0) is 6.54 Å². The van der Waals surface area contributed by atoms with E-state index in [9.17, 15) is 19.4 Å². The van der Waals surface area contributed by atoms with E-state index in [2.05, 4.69) is 11.9 Å². The summed E-state index contributed by atoms with van der Waals surface area (Å²) in [6, 6.07) is 9.82. The topological polar surface area (TPSA) is 21.3 Å². The van der Waals surface area contributed by atoms with Gasteiger partial charge in [0, 0.05) is 12.2 Å². The van der Waals surface area contributed by atoms with E-state index in [1.54, 1.807) is 30.3 Å². The van der Waals surface area contributed by atoms with Crippen molar-refractivity contribution in [2.24, 2.45) is 0 Å². The Morgan fingerprint density at radius 1 is 1.00 bits per heavy atom. The Hall–Kier alpha value is -2.22. The molecule has 0 saturated carbocycles. The molecule has 0 aliphatic rings. The fourth-order valence-corrected chi connectivity index (χ4v) is 2.58. The lowest BCUT2D eigenvalue weighted by atomic mass is 10.2. The van der Waals surface area contributed by atoms with Gasteiger partial charge in [0.2, 0.25) is 0 Å². The first-order valence-corrected chi connectivity index (χ1v) is 8.84. The summed E-state index contributed by atoms with van der Waals surface area (Å²) in [7, 11) is -9.62. The Labute approximate surface area is 136 Å². The molecule has 0 fully saturated rings. The molecule has 1 N–H and O–H groups in total. The standard InChI is InChI=1S/C16H16F5NOS/c1-2-10-23-15-5-3-4-13(11-15)12-22-14-6-8-16(9-7-14)24(17,18,19,20)21/h2-9,11,22H,1,10,12H2.